The van der Waals surface area contributed by atoms with Crippen LogP contribution in [0, 0.1) is 0 Å². The number of aliphatic hydroxyl groups excluding tert-OH is 2. The number of hydrogen-bond acceptors (Lipinski definition) is 5. The van der Waals surface area contributed by atoms with Gasteiger partial charge in [-0.05, 0) is 13.8 Å². The van der Waals surface area contributed by atoms with Gasteiger partial charge in [-0.3, -0.25) is 0 Å². The Morgan fingerprint density at radius 1 is 1.25 bits per heavy atom. The zero-order valence-electron chi connectivity index (χ0n) is 6.72. The maximum Gasteiger partial charge on any atom is 0.332 e. The molecule has 0 aromatic heterocycles. The molecule has 2 atom stereocenters. The summed E-state index contributed by atoms with van der Waals surface area (Å²) in [5.41, 5.74) is 0. The minimum Gasteiger partial charge on any atom is -0.547 e. The largest absolute Gasteiger partial charge is 0.547 e. The van der Waals surface area contributed by atoms with E-state index in [9.17, 15) is 14.7 Å². The Bertz CT molecular complexity index is 137. The zero-order chi connectivity index (χ0) is 10.3. The minimum atomic E-state index is -1.44. The average molecular weight is 181 g/mol. The van der Waals surface area contributed by atoms with E-state index in [1.807, 2.05) is 0 Å². The molecule has 0 fully saturated rings. The first-order valence-electron chi connectivity index (χ1n) is 3.08. The normalized spacial score (nSPS) is 13.7. The first kappa shape index (κ1) is 13.4. The molecule has 0 saturated heterocycles. The Morgan fingerprint density at radius 3 is 1.42 bits per heavy atom. The topological polar surface area (TPSA) is 118 Å². The molecule has 3 N–H and O–H groups in total. The summed E-state index contributed by atoms with van der Waals surface area (Å²) in [7, 11) is 0. The first-order valence-corrected chi connectivity index (χ1v) is 3.08. The van der Waals surface area contributed by atoms with Gasteiger partial charge in [-0.25, -0.2) is 4.79 Å². The summed E-state index contributed by atoms with van der Waals surface area (Å²) in [5.74, 6) is -2.62. The Labute approximate surface area is 70.6 Å². The van der Waals surface area contributed by atoms with Crippen molar-refractivity contribution in [2.24, 2.45) is 0 Å². The van der Waals surface area contributed by atoms with E-state index in [1.54, 1.807) is 0 Å². The molecule has 0 aliphatic heterocycles. The van der Waals surface area contributed by atoms with Gasteiger partial charge in [-0.1, -0.05) is 0 Å². The molecule has 0 radical (unpaired) electrons. The second-order valence-electron chi connectivity index (χ2n) is 2.01. The van der Waals surface area contributed by atoms with E-state index in [1.165, 1.54) is 6.92 Å². The van der Waals surface area contributed by atoms with Crippen molar-refractivity contribution in [3.8, 4) is 0 Å². The van der Waals surface area contributed by atoms with Gasteiger partial charge in [0, 0.05) is 1.43 Å². The van der Waals surface area contributed by atoms with E-state index in [0.717, 1.165) is 6.92 Å². The smallest absolute Gasteiger partial charge is 0.332 e. The summed E-state index contributed by atoms with van der Waals surface area (Å²) in [6.07, 6.45) is -2.57. The van der Waals surface area contributed by atoms with Gasteiger partial charge >= 0.3 is 5.97 Å². The fourth-order valence-electron chi connectivity index (χ4n) is 0. The van der Waals surface area contributed by atoms with Crippen LogP contribution in [0.25, 0.3) is 0 Å². The molecule has 6 heteroatoms. The van der Waals surface area contributed by atoms with E-state index in [4.69, 9.17) is 15.3 Å². The van der Waals surface area contributed by atoms with Gasteiger partial charge < -0.3 is 25.2 Å². The van der Waals surface area contributed by atoms with Crippen LogP contribution >= 0.6 is 0 Å². The lowest BCUT2D eigenvalue weighted by atomic mass is 10.4. The third-order valence-electron chi connectivity index (χ3n) is 0.699. The van der Waals surface area contributed by atoms with Gasteiger partial charge in [0.2, 0.25) is 0 Å². The van der Waals surface area contributed by atoms with Crippen LogP contribution in [0.5, 0.6) is 0 Å². The van der Waals surface area contributed by atoms with Gasteiger partial charge in [0.1, 0.15) is 6.10 Å². The van der Waals surface area contributed by atoms with Gasteiger partial charge in [0.05, 0.1) is 12.1 Å². The molecule has 0 aliphatic rings. The number of carbonyl (C=O) groups excluding carboxylic acids is 1. The van der Waals surface area contributed by atoms with Crippen LogP contribution < -0.4 is 5.11 Å². The Hall–Kier alpha value is -1.14. The highest BCUT2D eigenvalue weighted by atomic mass is 16.4. The summed E-state index contributed by atoms with van der Waals surface area (Å²) < 4.78 is 0. The summed E-state index contributed by atoms with van der Waals surface area (Å²) in [6, 6.07) is 0. The SMILES string of the molecule is CC(O)C(=O)O.CC(O)C(=O)[O-].[HH]. The number of carboxylic acid groups (broad SMARTS) is 2. The molecule has 0 rings (SSSR count). The molecule has 0 bridgehead atoms. The Kier molecular flexibility index (Phi) is 7.36. The van der Waals surface area contributed by atoms with Crippen LogP contribution in [0.4, 0.5) is 0 Å². The Morgan fingerprint density at radius 2 is 1.42 bits per heavy atom. The average Bonchev–Trinajstić information content (AvgIpc) is 1.88. The van der Waals surface area contributed by atoms with E-state index in [0.29, 0.717) is 0 Å². The maximum atomic E-state index is 9.45. The van der Waals surface area contributed by atoms with Crippen molar-refractivity contribution in [3.63, 3.8) is 0 Å². The molecule has 0 spiro atoms. The lowest BCUT2D eigenvalue weighted by molar-refractivity contribution is -0.314. The molecular formula is C6H13O6-. The summed E-state index contributed by atoms with van der Waals surface area (Å²) in [4.78, 5) is 18.8. The molecule has 0 aromatic rings. The van der Waals surface area contributed by atoms with Crippen molar-refractivity contribution in [1.82, 2.24) is 0 Å². The molecule has 2 unspecified atom stereocenters. The van der Waals surface area contributed by atoms with Crippen LogP contribution in [-0.4, -0.2) is 39.5 Å². The van der Waals surface area contributed by atoms with E-state index in [-0.39, 0.29) is 1.43 Å². The Balaban J connectivity index is -0.000000143. The lowest BCUT2D eigenvalue weighted by Gasteiger charge is -2.00. The van der Waals surface area contributed by atoms with Crippen molar-refractivity contribution in [3.05, 3.63) is 0 Å². The van der Waals surface area contributed by atoms with Crippen molar-refractivity contribution >= 4 is 11.9 Å². The van der Waals surface area contributed by atoms with Gasteiger partial charge in [-0.2, -0.15) is 0 Å². The molecule has 74 valence electrons. The van der Waals surface area contributed by atoms with Crippen LogP contribution in [0.2, 0.25) is 0 Å². The number of rotatable bonds is 2. The van der Waals surface area contributed by atoms with Gasteiger partial charge in [-0.15, -0.1) is 0 Å². The number of aliphatic carboxylic acids is 2. The fourth-order valence-corrected chi connectivity index (χ4v) is 0. The van der Waals surface area contributed by atoms with Crippen LogP contribution in [0.1, 0.15) is 15.3 Å². The monoisotopic (exact) mass is 181 g/mol. The van der Waals surface area contributed by atoms with E-state index in [2.05, 4.69) is 0 Å². The van der Waals surface area contributed by atoms with Crippen molar-refractivity contribution in [2.45, 2.75) is 26.1 Å². The number of carboxylic acids is 2. The van der Waals surface area contributed by atoms with Crippen molar-refractivity contribution in [1.29, 1.82) is 0 Å². The second kappa shape index (κ2) is 6.56. The predicted octanol–water partition coefficient (Wildman–Crippen LogP) is -2.19. The van der Waals surface area contributed by atoms with Crippen molar-refractivity contribution in [2.75, 3.05) is 0 Å². The lowest BCUT2D eigenvalue weighted by Crippen LogP contribution is -2.32. The number of carbonyl (C=O) groups is 2. The molecule has 0 heterocycles. The molecule has 12 heavy (non-hydrogen) atoms. The third kappa shape index (κ3) is 11.6. The second-order valence-corrected chi connectivity index (χ2v) is 2.01. The predicted molar refractivity (Wildman–Crippen MR) is 38.1 cm³/mol. The van der Waals surface area contributed by atoms with Gasteiger partial charge in [0.15, 0.2) is 0 Å². The molecule has 0 aliphatic carbocycles. The van der Waals surface area contributed by atoms with E-state index < -0.39 is 24.1 Å². The highest BCUT2D eigenvalue weighted by molar-refractivity contribution is 5.71. The summed E-state index contributed by atoms with van der Waals surface area (Å²) in [6.45, 7) is 2.33. The van der Waals surface area contributed by atoms with Crippen molar-refractivity contribution < 1.29 is 31.4 Å². The highest BCUT2D eigenvalue weighted by Crippen LogP contribution is 1.73. The van der Waals surface area contributed by atoms with Crippen LogP contribution in [0.3, 0.4) is 0 Å². The molecule has 0 aromatic carbocycles. The summed E-state index contributed by atoms with van der Waals surface area (Å²) >= 11 is 0. The molecule has 0 amide bonds. The van der Waals surface area contributed by atoms with Crippen LogP contribution in [-0.2, 0) is 9.59 Å². The third-order valence-corrected chi connectivity index (χ3v) is 0.699. The van der Waals surface area contributed by atoms with Gasteiger partial charge in [0.25, 0.3) is 0 Å². The quantitative estimate of drug-likeness (QED) is 0.445. The maximum absolute atomic E-state index is 9.45. The van der Waals surface area contributed by atoms with Crippen LogP contribution in [0.15, 0.2) is 0 Å². The molecule has 6 nitrogen and oxygen atoms in total. The minimum absolute atomic E-state index is 0. The number of hydrogen-bond donors (Lipinski definition) is 3. The molecule has 0 saturated carbocycles. The summed E-state index contributed by atoms with van der Waals surface area (Å²) in [5, 5.41) is 33.1. The number of aliphatic hydroxyl groups is 2. The first-order chi connectivity index (χ1) is 5.29. The fraction of sp³-hybridized carbons (Fsp3) is 0.667. The molecular weight excluding hydrogens is 168 g/mol. The standard InChI is InChI=1S/2C3H6O3.H2/c2*1-2(4)3(5)6;/h2*2,4H,1H3,(H,5,6);1H/p-1. The van der Waals surface area contributed by atoms with E-state index >= 15 is 0 Å². The highest BCUT2D eigenvalue weighted by Gasteiger charge is 2.01. The zero-order valence-corrected chi connectivity index (χ0v) is 6.72.